The van der Waals surface area contributed by atoms with E-state index >= 15 is 0 Å². The van der Waals surface area contributed by atoms with Gasteiger partial charge < -0.3 is 19.9 Å². The van der Waals surface area contributed by atoms with Crippen molar-refractivity contribution in [2.24, 2.45) is 5.92 Å². The summed E-state index contributed by atoms with van der Waals surface area (Å²) in [5.74, 6) is 0.626. The Balaban J connectivity index is 1.86. The van der Waals surface area contributed by atoms with Gasteiger partial charge in [0.15, 0.2) is 0 Å². The van der Waals surface area contributed by atoms with Gasteiger partial charge in [-0.25, -0.2) is 13.2 Å². The SMILES string of the molecule is COc1ccc2c(c1)C[C@@H](C)CN(C[C@H](O)[C@@H](Cc1ccccc1)NC(=O)OC(C)(C)C)S2(=O)=O. The zero-order valence-corrected chi connectivity index (χ0v) is 21.8. The van der Waals surface area contributed by atoms with Gasteiger partial charge in [-0.15, -0.1) is 0 Å². The zero-order chi connectivity index (χ0) is 25.8. The minimum atomic E-state index is -3.86. The van der Waals surface area contributed by atoms with E-state index in [1.54, 1.807) is 46.1 Å². The largest absolute Gasteiger partial charge is 0.497 e. The quantitative estimate of drug-likeness (QED) is 0.599. The van der Waals surface area contributed by atoms with Crippen LogP contribution in [-0.4, -0.2) is 61.9 Å². The first-order valence-corrected chi connectivity index (χ1v) is 13.2. The van der Waals surface area contributed by atoms with Crippen LogP contribution in [0.3, 0.4) is 0 Å². The molecule has 2 N–H and O–H groups in total. The number of nitrogens with one attached hydrogen (secondary N) is 1. The lowest BCUT2D eigenvalue weighted by Crippen LogP contribution is -2.51. The smallest absolute Gasteiger partial charge is 0.407 e. The van der Waals surface area contributed by atoms with Gasteiger partial charge >= 0.3 is 6.09 Å². The Kier molecular flexibility index (Phi) is 8.46. The highest BCUT2D eigenvalue weighted by Gasteiger charge is 2.36. The van der Waals surface area contributed by atoms with Crippen LogP contribution in [0.15, 0.2) is 53.4 Å². The molecule has 0 aromatic heterocycles. The van der Waals surface area contributed by atoms with Crippen LogP contribution in [0.5, 0.6) is 5.75 Å². The number of methoxy groups -OCH3 is 1. The maximum atomic E-state index is 13.6. The normalized spacial score (nSPS) is 19.7. The van der Waals surface area contributed by atoms with E-state index in [2.05, 4.69) is 5.32 Å². The minimum Gasteiger partial charge on any atom is -0.497 e. The lowest BCUT2D eigenvalue weighted by molar-refractivity contribution is 0.0400. The number of benzene rings is 2. The number of hydrogen-bond acceptors (Lipinski definition) is 6. The first-order chi connectivity index (χ1) is 16.4. The summed E-state index contributed by atoms with van der Waals surface area (Å²) >= 11 is 0. The predicted molar refractivity (Wildman–Crippen MR) is 134 cm³/mol. The molecule has 2 aromatic carbocycles. The Morgan fingerprint density at radius 2 is 1.89 bits per heavy atom. The molecule has 0 fully saturated rings. The first-order valence-electron chi connectivity index (χ1n) is 11.8. The number of nitrogens with zero attached hydrogens (tertiary/aromatic N) is 1. The van der Waals surface area contributed by atoms with Gasteiger partial charge in [0.1, 0.15) is 11.4 Å². The highest BCUT2D eigenvalue weighted by molar-refractivity contribution is 7.89. The molecule has 1 amide bonds. The van der Waals surface area contributed by atoms with Crippen LogP contribution in [0.2, 0.25) is 0 Å². The monoisotopic (exact) mass is 504 g/mol. The molecule has 3 atom stereocenters. The number of ether oxygens (including phenoxy) is 2. The number of rotatable bonds is 7. The number of alkyl carbamates (subject to hydrolysis) is 1. The molecule has 8 nitrogen and oxygen atoms in total. The zero-order valence-electron chi connectivity index (χ0n) is 21.0. The molecular weight excluding hydrogens is 468 g/mol. The number of sulfonamides is 1. The maximum Gasteiger partial charge on any atom is 0.407 e. The van der Waals surface area contributed by atoms with Crippen LogP contribution in [0, 0.1) is 5.92 Å². The van der Waals surface area contributed by atoms with Crippen molar-refractivity contribution in [3.05, 3.63) is 59.7 Å². The highest BCUT2D eigenvalue weighted by Crippen LogP contribution is 2.31. The van der Waals surface area contributed by atoms with E-state index in [1.165, 1.54) is 4.31 Å². The van der Waals surface area contributed by atoms with Gasteiger partial charge in [0, 0.05) is 13.1 Å². The first kappa shape index (κ1) is 27.0. The minimum absolute atomic E-state index is 0.0247. The van der Waals surface area contributed by atoms with Crippen molar-refractivity contribution in [1.82, 2.24) is 9.62 Å². The summed E-state index contributed by atoms with van der Waals surface area (Å²) < 4.78 is 39.1. The van der Waals surface area contributed by atoms with Crippen molar-refractivity contribution in [2.75, 3.05) is 20.2 Å². The van der Waals surface area contributed by atoms with Crippen LogP contribution in [-0.2, 0) is 27.6 Å². The lowest BCUT2D eigenvalue weighted by Gasteiger charge is -2.30. The maximum absolute atomic E-state index is 13.6. The van der Waals surface area contributed by atoms with Crippen molar-refractivity contribution >= 4 is 16.1 Å². The average Bonchev–Trinajstić information content (AvgIpc) is 2.85. The summed E-state index contributed by atoms with van der Waals surface area (Å²) in [7, 11) is -2.32. The second-order valence-electron chi connectivity index (χ2n) is 10.1. The molecule has 0 aliphatic carbocycles. The van der Waals surface area contributed by atoms with Gasteiger partial charge in [-0.3, -0.25) is 0 Å². The molecule has 2 aromatic rings. The fraction of sp³-hybridized carbons (Fsp3) is 0.500. The lowest BCUT2D eigenvalue weighted by atomic mass is 9.99. The van der Waals surface area contributed by atoms with Crippen LogP contribution in [0.25, 0.3) is 0 Å². The molecule has 3 rings (SSSR count). The molecule has 0 unspecified atom stereocenters. The van der Waals surface area contributed by atoms with Crippen LogP contribution in [0.4, 0.5) is 4.79 Å². The summed E-state index contributed by atoms with van der Waals surface area (Å²) in [6.45, 7) is 7.34. The van der Waals surface area contributed by atoms with Gasteiger partial charge in [-0.2, -0.15) is 4.31 Å². The second kappa shape index (κ2) is 11.0. The van der Waals surface area contributed by atoms with Gasteiger partial charge in [0.2, 0.25) is 10.0 Å². The summed E-state index contributed by atoms with van der Waals surface area (Å²) in [6, 6.07) is 13.6. The Morgan fingerprint density at radius 1 is 1.20 bits per heavy atom. The number of fused-ring (bicyclic) bond motifs is 1. The third-order valence-electron chi connectivity index (χ3n) is 5.82. The van der Waals surface area contributed by atoms with Crippen LogP contribution >= 0.6 is 0 Å². The number of carbonyl (C=O) groups is 1. The number of aliphatic hydroxyl groups excluding tert-OH is 1. The van der Waals surface area contributed by atoms with E-state index in [9.17, 15) is 18.3 Å². The molecule has 35 heavy (non-hydrogen) atoms. The van der Waals surface area contributed by atoms with E-state index in [-0.39, 0.29) is 23.9 Å². The van der Waals surface area contributed by atoms with Gasteiger partial charge in [0.25, 0.3) is 0 Å². The predicted octanol–water partition coefficient (Wildman–Crippen LogP) is 3.38. The molecule has 0 radical (unpaired) electrons. The van der Waals surface area contributed by atoms with E-state index in [0.29, 0.717) is 24.2 Å². The Bertz CT molecular complexity index is 1110. The second-order valence-corrected chi connectivity index (χ2v) is 12.0. The highest BCUT2D eigenvalue weighted by atomic mass is 32.2. The summed E-state index contributed by atoms with van der Waals surface area (Å²) in [4.78, 5) is 12.7. The van der Waals surface area contributed by atoms with Crippen molar-refractivity contribution in [3.63, 3.8) is 0 Å². The summed E-state index contributed by atoms with van der Waals surface area (Å²) in [5.41, 5.74) is 0.888. The molecule has 0 saturated carbocycles. The molecule has 192 valence electrons. The number of amides is 1. The average molecular weight is 505 g/mol. The van der Waals surface area contributed by atoms with Crippen molar-refractivity contribution in [3.8, 4) is 5.75 Å². The Morgan fingerprint density at radius 3 is 2.51 bits per heavy atom. The van der Waals surface area contributed by atoms with E-state index in [0.717, 1.165) is 5.56 Å². The van der Waals surface area contributed by atoms with Crippen molar-refractivity contribution < 1.29 is 27.8 Å². The molecular formula is C26H36N2O6S. The summed E-state index contributed by atoms with van der Waals surface area (Å²) in [5, 5.41) is 14.0. The number of carbonyl (C=O) groups excluding carboxylic acids is 1. The number of aliphatic hydroxyl groups is 1. The number of hydrogen-bond donors (Lipinski definition) is 2. The molecule has 0 saturated heterocycles. The third-order valence-corrected chi connectivity index (χ3v) is 7.76. The van der Waals surface area contributed by atoms with Gasteiger partial charge in [-0.1, -0.05) is 37.3 Å². The summed E-state index contributed by atoms with van der Waals surface area (Å²) in [6.07, 6.45) is -0.938. The third kappa shape index (κ3) is 7.19. The van der Waals surface area contributed by atoms with E-state index in [1.807, 2.05) is 37.3 Å². The van der Waals surface area contributed by atoms with Crippen molar-refractivity contribution in [1.29, 1.82) is 0 Å². The van der Waals surface area contributed by atoms with Gasteiger partial charge in [-0.05, 0) is 68.9 Å². The molecule has 1 heterocycles. The van der Waals surface area contributed by atoms with Crippen LogP contribution in [0.1, 0.15) is 38.8 Å². The molecule has 1 aliphatic rings. The standard InChI is InChI=1S/C26H36N2O6S/c1-18-13-20-15-21(33-5)11-12-24(20)35(31,32)28(16-18)17-23(29)22(14-19-9-7-6-8-10-19)27-25(30)34-26(2,3)4/h6-12,15,18,22-23,29H,13-14,16-17H2,1-5H3,(H,27,30)/t18-,22-,23+/m1/s1. The Hall–Kier alpha value is -2.62. The van der Waals surface area contributed by atoms with E-state index < -0.39 is 33.9 Å². The van der Waals surface area contributed by atoms with Crippen LogP contribution < -0.4 is 10.1 Å². The molecule has 0 bridgehead atoms. The van der Waals surface area contributed by atoms with Crippen molar-refractivity contribution in [2.45, 2.75) is 63.2 Å². The van der Waals surface area contributed by atoms with E-state index in [4.69, 9.17) is 9.47 Å². The topological polar surface area (TPSA) is 105 Å². The fourth-order valence-electron chi connectivity index (χ4n) is 4.24. The molecule has 9 heteroatoms. The molecule has 0 spiro atoms. The number of β-amino-alcohol motifs (C(OH)–C–C–N with tert-alkyl or cyclic N) is 1. The van der Waals surface area contributed by atoms with Gasteiger partial charge in [0.05, 0.1) is 24.2 Å². The molecule has 1 aliphatic heterocycles. The fourth-order valence-corrected chi connectivity index (χ4v) is 6.03. The Labute approximate surface area is 208 Å².